The van der Waals surface area contributed by atoms with Gasteiger partial charge in [0.2, 0.25) is 5.95 Å². The molecule has 7 nitrogen and oxygen atoms in total. The number of aromatic nitrogens is 5. The van der Waals surface area contributed by atoms with Crippen molar-refractivity contribution in [2.24, 2.45) is 5.92 Å². The minimum Gasteiger partial charge on any atom is -0.290 e. The molecule has 3 heterocycles. The molecule has 0 bridgehead atoms. The van der Waals surface area contributed by atoms with Gasteiger partial charge >= 0.3 is 0 Å². The Morgan fingerprint density at radius 1 is 1.23 bits per heavy atom. The molecular formula is C18H17FN6O. The predicted octanol–water partition coefficient (Wildman–Crippen LogP) is 2.74. The van der Waals surface area contributed by atoms with Crippen LogP contribution in [0.3, 0.4) is 0 Å². The van der Waals surface area contributed by atoms with Crippen molar-refractivity contribution in [1.29, 1.82) is 0 Å². The fraction of sp³-hybridized carbons (Fsp3) is 0.389. The SMILES string of the molecule is O=C(Nc1ncc(F)cn1)c1cc2c(n3cnnc13)CC[C@H]2C1CCC1. The molecule has 0 unspecified atom stereocenters. The standard InChI is InChI=1S/C18H17FN6O/c19-11-7-20-18(21-8-11)23-17(26)14-6-13-12(10-2-1-3-10)4-5-15(13)25-9-22-24-16(14)25/h6-10,12H,1-5H2,(H,20,21,23,26)/t12-/m0/s1. The molecule has 0 spiro atoms. The van der Waals surface area contributed by atoms with E-state index >= 15 is 0 Å². The Labute approximate surface area is 148 Å². The van der Waals surface area contributed by atoms with Crippen LogP contribution in [0.25, 0.3) is 5.65 Å². The van der Waals surface area contributed by atoms with Crippen molar-refractivity contribution in [3.63, 3.8) is 0 Å². The molecule has 1 atom stereocenters. The van der Waals surface area contributed by atoms with Gasteiger partial charge in [-0.15, -0.1) is 10.2 Å². The largest absolute Gasteiger partial charge is 0.290 e. The monoisotopic (exact) mass is 352 g/mol. The van der Waals surface area contributed by atoms with E-state index in [4.69, 9.17) is 0 Å². The molecule has 0 aromatic carbocycles. The first-order valence-corrected chi connectivity index (χ1v) is 8.85. The first-order chi connectivity index (χ1) is 12.7. The maximum absolute atomic E-state index is 13.0. The molecule has 1 amide bonds. The number of carbonyl (C=O) groups excluding carboxylic acids is 1. The Kier molecular flexibility index (Phi) is 3.44. The van der Waals surface area contributed by atoms with Gasteiger partial charge in [-0.05, 0) is 49.1 Å². The number of nitrogens with one attached hydrogen (secondary N) is 1. The first-order valence-electron chi connectivity index (χ1n) is 8.85. The third kappa shape index (κ3) is 2.36. The van der Waals surface area contributed by atoms with E-state index in [0.717, 1.165) is 25.2 Å². The number of halogens is 1. The Morgan fingerprint density at radius 3 is 2.77 bits per heavy atom. The zero-order valence-corrected chi connectivity index (χ0v) is 14.0. The van der Waals surface area contributed by atoms with Crippen LogP contribution in [0.1, 0.15) is 53.2 Å². The van der Waals surface area contributed by atoms with Gasteiger partial charge in [0, 0.05) is 5.69 Å². The minimum absolute atomic E-state index is 0.0603. The quantitative estimate of drug-likeness (QED) is 0.783. The molecule has 3 aromatic rings. The Bertz CT molecular complexity index is 995. The van der Waals surface area contributed by atoms with Gasteiger partial charge in [-0.2, -0.15) is 0 Å². The summed E-state index contributed by atoms with van der Waals surface area (Å²) in [4.78, 5) is 20.4. The number of fused-ring (bicyclic) bond motifs is 3. The molecule has 1 N–H and O–H groups in total. The molecule has 3 aromatic heterocycles. The fourth-order valence-electron chi connectivity index (χ4n) is 4.14. The van der Waals surface area contributed by atoms with Crippen LogP contribution in [-0.4, -0.2) is 30.5 Å². The number of nitrogens with zero attached hydrogens (tertiary/aromatic N) is 5. The van der Waals surface area contributed by atoms with Gasteiger partial charge in [0.05, 0.1) is 18.0 Å². The zero-order valence-electron chi connectivity index (χ0n) is 14.0. The maximum Gasteiger partial charge on any atom is 0.261 e. The number of amides is 1. The molecule has 0 saturated heterocycles. The smallest absolute Gasteiger partial charge is 0.261 e. The van der Waals surface area contributed by atoms with Crippen LogP contribution in [-0.2, 0) is 6.42 Å². The van der Waals surface area contributed by atoms with E-state index in [1.807, 2.05) is 10.5 Å². The van der Waals surface area contributed by atoms with Gasteiger partial charge in [0.25, 0.3) is 5.91 Å². The molecule has 0 radical (unpaired) electrons. The lowest BCUT2D eigenvalue weighted by Crippen LogP contribution is -2.20. The van der Waals surface area contributed by atoms with E-state index in [1.165, 1.54) is 30.5 Å². The van der Waals surface area contributed by atoms with Crippen LogP contribution >= 0.6 is 0 Å². The predicted molar refractivity (Wildman–Crippen MR) is 91.3 cm³/mol. The molecule has 8 heteroatoms. The summed E-state index contributed by atoms with van der Waals surface area (Å²) in [7, 11) is 0. The highest BCUT2D eigenvalue weighted by atomic mass is 19.1. The molecule has 5 rings (SSSR count). The number of carbonyl (C=O) groups is 1. The summed E-state index contributed by atoms with van der Waals surface area (Å²) in [6, 6.07) is 1.95. The second-order valence-corrected chi connectivity index (χ2v) is 7.00. The summed E-state index contributed by atoms with van der Waals surface area (Å²) < 4.78 is 14.9. The van der Waals surface area contributed by atoms with E-state index in [0.29, 0.717) is 23.0 Å². The normalized spacial score (nSPS) is 19.3. The summed E-state index contributed by atoms with van der Waals surface area (Å²) in [5.74, 6) is 0.353. The van der Waals surface area contributed by atoms with E-state index in [9.17, 15) is 9.18 Å². The Hall–Kier alpha value is -2.90. The highest BCUT2D eigenvalue weighted by molar-refractivity contribution is 6.07. The van der Waals surface area contributed by atoms with Crippen molar-refractivity contribution in [3.05, 3.63) is 47.4 Å². The summed E-state index contributed by atoms with van der Waals surface area (Å²) in [6.07, 6.45) is 9.61. The lowest BCUT2D eigenvalue weighted by atomic mass is 9.73. The molecule has 1 fully saturated rings. The number of anilines is 1. The van der Waals surface area contributed by atoms with Crippen molar-refractivity contribution in [2.75, 3.05) is 5.32 Å². The van der Waals surface area contributed by atoms with Gasteiger partial charge in [-0.3, -0.25) is 14.5 Å². The van der Waals surface area contributed by atoms with Crippen LogP contribution in [0.4, 0.5) is 10.3 Å². The van der Waals surface area contributed by atoms with Crippen molar-refractivity contribution >= 4 is 17.5 Å². The van der Waals surface area contributed by atoms with Crippen LogP contribution < -0.4 is 5.32 Å². The second kappa shape index (κ2) is 5.82. The average Bonchev–Trinajstić information content (AvgIpc) is 3.21. The zero-order chi connectivity index (χ0) is 17.7. The highest BCUT2D eigenvalue weighted by Crippen LogP contribution is 2.47. The van der Waals surface area contributed by atoms with Crippen LogP contribution in [0, 0.1) is 11.7 Å². The van der Waals surface area contributed by atoms with Crippen molar-refractivity contribution < 1.29 is 9.18 Å². The number of rotatable bonds is 3. The molecule has 1 saturated carbocycles. The third-order valence-electron chi connectivity index (χ3n) is 5.61. The summed E-state index contributed by atoms with van der Waals surface area (Å²) in [5.41, 5.74) is 3.40. The lowest BCUT2D eigenvalue weighted by Gasteiger charge is -2.32. The number of hydrogen-bond donors (Lipinski definition) is 1. The van der Waals surface area contributed by atoms with Gasteiger partial charge in [0.1, 0.15) is 6.33 Å². The molecule has 132 valence electrons. The maximum atomic E-state index is 13.0. The minimum atomic E-state index is -0.552. The molecule has 2 aliphatic rings. The van der Waals surface area contributed by atoms with Crippen molar-refractivity contribution in [1.82, 2.24) is 24.6 Å². The highest BCUT2D eigenvalue weighted by Gasteiger charge is 2.35. The number of pyridine rings is 1. The van der Waals surface area contributed by atoms with Gasteiger partial charge in [-0.1, -0.05) is 6.42 Å². The van der Waals surface area contributed by atoms with Gasteiger partial charge < -0.3 is 0 Å². The number of hydrogen-bond acceptors (Lipinski definition) is 5. The molecule has 26 heavy (non-hydrogen) atoms. The summed E-state index contributed by atoms with van der Waals surface area (Å²) >= 11 is 0. The lowest BCUT2D eigenvalue weighted by molar-refractivity contribution is 0.102. The summed E-state index contributed by atoms with van der Waals surface area (Å²) in [5, 5.41) is 10.7. The van der Waals surface area contributed by atoms with Gasteiger partial charge in [0.15, 0.2) is 11.5 Å². The van der Waals surface area contributed by atoms with Gasteiger partial charge in [-0.25, -0.2) is 14.4 Å². The van der Waals surface area contributed by atoms with Crippen LogP contribution in [0.15, 0.2) is 24.8 Å². The van der Waals surface area contributed by atoms with E-state index in [-0.39, 0.29) is 11.9 Å². The van der Waals surface area contributed by atoms with Crippen LogP contribution in [0.2, 0.25) is 0 Å². The molecular weight excluding hydrogens is 335 g/mol. The van der Waals surface area contributed by atoms with Crippen LogP contribution in [0.5, 0.6) is 0 Å². The van der Waals surface area contributed by atoms with Crippen molar-refractivity contribution in [3.8, 4) is 0 Å². The first kappa shape index (κ1) is 15.4. The fourth-order valence-corrected chi connectivity index (χ4v) is 4.14. The van der Waals surface area contributed by atoms with E-state index in [1.54, 1.807) is 6.33 Å². The molecule has 2 aliphatic carbocycles. The Balaban J connectivity index is 1.55. The van der Waals surface area contributed by atoms with E-state index < -0.39 is 5.82 Å². The average molecular weight is 352 g/mol. The van der Waals surface area contributed by atoms with E-state index in [2.05, 4.69) is 25.5 Å². The summed E-state index contributed by atoms with van der Waals surface area (Å²) in [6.45, 7) is 0. The number of aryl methyl sites for hydroxylation is 1. The topological polar surface area (TPSA) is 85.1 Å². The third-order valence-corrected chi connectivity index (χ3v) is 5.61. The van der Waals surface area contributed by atoms with Crippen molar-refractivity contribution in [2.45, 2.75) is 38.0 Å². The Morgan fingerprint density at radius 2 is 2.04 bits per heavy atom. The molecule has 0 aliphatic heterocycles. The second-order valence-electron chi connectivity index (χ2n) is 7.00.